The van der Waals surface area contributed by atoms with E-state index in [1.165, 1.54) is 0 Å². The topological polar surface area (TPSA) is 51.5 Å². The van der Waals surface area contributed by atoms with Crippen molar-refractivity contribution in [3.8, 4) is 5.75 Å². The minimum absolute atomic E-state index is 0.168. The molecule has 0 aliphatic heterocycles. The number of hydrogen-bond acceptors (Lipinski definition) is 3. The minimum atomic E-state index is -0.392. The van der Waals surface area contributed by atoms with Crippen LogP contribution in [0.1, 0.15) is 21.9 Å². The summed E-state index contributed by atoms with van der Waals surface area (Å²) in [7, 11) is 0. The van der Waals surface area contributed by atoms with Crippen LogP contribution < -0.4 is 10.1 Å². The summed E-state index contributed by atoms with van der Waals surface area (Å²) >= 11 is 17.8. The largest absolute Gasteiger partial charge is 0.486 e. The van der Waals surface area contributed by atoms with Gasteiger partial charge in [-0.1, -0.05) is 34.8 Å². The number of nitrogens with one attached hydrogen (secondary N) is 1. The number of hydrogen-bond donors (Lipinski definition) is 1. The number of benzene rings is 2. The van der Waals surface area contributed by atoms with Crippen molar-refractivity contribution in [3.63, 3.8) is 0 Å². The third-order valence-corrected chi connectivity index (χ3v) is 4.74. The Bertz CT molecular complexity index is 953. The van der Waals surface area contributed by atoms with E-state index in [2.05, 4.69) is 5.32 Å². The van der Waals surface area contributed by atoms with Crippen LogP contribution in [0.4, 0.5) is 5.69 Å². The maximum Gasteiger partial charge on any atom is 0.291 e. The van der Waals surface area contributed by atoms with Gasteiger partial charge < -0.3 is 14.5 Å². The molecule has 3 aromatic rings. The summed E-state index contributed by atoms with van der Waals surface area (Å²) in [5, 5.41) is 4.15. The number of aryl methyl sites for hydroxylation is 1. The second-order valence-electron chi connectivity index (χ2n) is 5.55. The summed E-state index contributed by atoms with van der Waals surface area (Å²) in [6.45, 7) is 2.09. The molecule has 134 valence electrons. The maximum absolute atomic E-state index is 12.2. The number of halogens is 3. The summed E-state index contributed by atoms with van der Waals surface area (Å²) < 4.78 is 11.2. The second kappa shape index (κ2) is 8.04. The Morgan fingerprint density at radius 2 is 1.77 bits per heavy atom. The van der Waals surface area contributed by atoms with Crippen LogP contribution in [0.5, 0.6) is 5.75 Å². The molecule has 0 saturated heterocycles. The average molecular weight is 411 g/mol. The molecule has 0 bridgehead atoms. The van der Waals surface area contributed by atoms with Gasteiger partial charge in [-0.3, -0.25) is 4.79 Å². The van der Waals surface area contributed by atoms with E-state index in [9.17, 15) is 4.79 Å². The highest BCUT2D eigenvalue weighted by Crippen LogP contribution is 2.26. The van der Waals surface area contributed by atoms with Gasteiger partial charge in [0.25, 0.3) is 5.91 Å². The lowest BCUT2D eigenvalue weighted by atomic mass is 10.2. The molecule has 3 rings (SSSR count). The first-order chi connectivity index (χ1) is 12.4. The van der Waals surface area contributed by atoms with Gasteiger partial charge in [0.15, 0.2) is 5.76 Å². The molecule has 2 aromatic carbocycles. The Hall–Kier alpha value is -2.14. The molecule has 1 heterocycles. The van der Waals surface area contributed by atoms with Crippen LogP contribution >= 0.6 is 34.8 Å². The molecule has 0 spiro atoms. The predicted octanol–water partition coefficient (Wildman–Crippen LogP) is 6.38. The van der Waals surface area contributed by atoms with E-state index >= 15 is 0 Å². The molecule has 0 radical (unpaired) electrons. The van der Waals surface area contributed by atoms with Gasteiger partial charge in [-0.15, -0.1) is 0 Å². The Morgan fingerprint density at radius 1 is 1.00 bits per heavy atom. The van der Waals surface area contributed by atoms with Crippen LogP contribution in [0.3, 0.4) is 0 Å². The first-order valence-electron chi connectivity index (χ1n) is 7.66. The zero-order valence-electron chi connectivity index (χ0n) is 13.7. The smallest absolute Gasteiger partial charge is 0.291 e. The highest BCUT2D eigenvalue weighted by Gasteiger charge is 2.13. The number of carbonyl (C=O) groups excluding carboxylic acids is 1. The number of carbonyl (C=O) groups is 1. The zero-order valence-corrected chi connectivity index (χ0v) is 16.0. The molecular weight excluding hydrogens is 397 g/mol. The number of ether oxygens (including phenoxy) is 1. The van der Waals surface area contributed by atoms with Crippen molar-refractivity contribution in [2.75, 3.05) is 5.32 Å². The van der Waals surface area contributed by atoms with E-state index < -0.39 is 5.91 Å². The van der Waals surface area contributed by atoms with Crippen molar-refractivity contribution in [1.29, 1.82) is 0 Å². The number of anilines is 1. The summed E-state index contributed by atoms with van der Waals surface area (Å²) in [4.78, 5) is 12.2. The number of furan rings is 1. The molecule has 0 aliphatic carbocycles. The van der Waals surface area contributed by atoms with Crippen molar-refractivity contribution in [1.82, 2.24) is 0 Å². The summed E-state index contributed by atoms with van der Waals surface area (Å²) in [6, 6.07) is 13.5. The van der Waals surface area contributed by atoms with Crippen LogP contribution in [-0.2, 0) is 6.61 Å². The quantitative estimate of drug-likeness (QED) is 0.531. The molecule has 4 nitrogen and oxygen atoms in total. The molecule has 7 heteroatoms. The molecule has 0 saturated carbocycles. The van der Waals surface area contributed by atoms with E-state index in [1.807, 2.05) is 13.0 Å². The fraction of sp³-hybridized carbons (Fsp3) is 0.105. The molecule has 0 atom stereocenters. The van der Waals surface area contributed by atoms with E-state index in [0.29, 0.717) is 32.3 Å². The van der Waals surface area contributed by atoms with Gasteiger partial charge in [-0.25, -0.2) is 0 Å². The monoisotopic (exact) mass is 409 g/mol. The van der Waals surface area contributed by atoms with Crippen LogP contribution in [0, 0.1) is 6.92 Å². The minimum Gasteiger partial charge on any atom is -0.486 e. The molecule has 0 unspecified atom stereocenters. The second-order valence-corrected chi connectivity index (χ2v) is 6.77. The van der Waals surface area contributed by atoms with Gasteiger partial charge in [-0.05, 0) is 61.0 Å². The summed E-state index contributed by atoms with van der Waals surface area (Å²) in [5.41, 5.74) is 1.44. The Kier molecular flexibility index (Phi) is 5.77. The average Bonchev–Trinajstić information content (AvgIpc) is 3.08. The third kappa shape index (κ3) is 4.52. The van der Waals surface area contributed by atoms with Crippen LogP contribution in [0.2, 0.25) is 15.1 Å². The predicted molar refractivity (Wildman–Crippen MR) is 104 cm³/mol. The Balaban J connectivity index is 1.62. The maximum atomic E-state index is 12.2. The number of rotatable bonds is 5. The van der Waals surface area contributed by atoms with Crippen LogP contribution in [0.25, 0.3) is 0 Å². The lowest BCUT2D eigenvalue weighted by Crippen LogP contribution is -2.10. The van der Waals surface area contributed by atoms with E-state index in [0.717, 1.165) is 5.56 Å². The van der Waals surface area contributed by atoms with Crippen molar-refractivity contribution < 1.29 is 13.9 Å². The summed E-state index contributed by atoms with van der Waals surface area (Å²) in [5.74, 6) is 0.973. The molecule has 0 fully saturated rings. The van der Waals surface area contributed by atoms with Crippen LogP contribution in [0.15, 0.2) is 52.9 Å². The fourth-order valence-electron chi connectivity index (χ4n) is 2.21. The Labute approximate surface area is 165 Å². The molecule has 1 aromatic heterocycles. The van der Waals surface area contributed by atoms with Gasteiger partial charge in [0.2, 0.25) is 0 Å². The normalized spacial score (nSPS) is 10.6. The van der Waals surface area contributed by atoms with Crippen molar-refractivity contribution >= 4 is 46.4 Å². The lowest BCUT2D eigenvalue weighted by Gasteiger charge is -2.06. The first-order valence-corrected chi connectivity index (χ1v) is 8.80. The van der Waals surface area contributed by atoms with Gasteiger partial charge >= 0.3 is 0 Å². The molecular formula is C19H14Cl3NO3. The summed E-state index contributed by atoms with van der Waals surface area (Å²) in [6.07, 6.45) is 0. The van der Waals surface area contributed by atoms with Gasteiger partial charge in [0, 0.05) is 10.7 Å². The van der Waals surface area contributed by atoms with Crippen molar-refractivity contribution in [3.05, 3.63) is 80.7 Å². The standard InChI is InChI=1S/C19H14Cl3NO3/c1-11-8-13(3-6-15(11)20)25-10-14-4-7-18(26-14)19(24)23-12-2-5-16(21)17(22)9-12/h2-9H,10H2,1H3,(H,23,24). The van der Waals surface area contributed by atoms with E-state index in [-0.39, 0.29) is 12.4 Å². The van der Waals surface area contributed by atoms with Gasteiger partial charge in [-0.2, -0.15) is 0 Å². The van der Waals surface area contributed by atoms with Gasteiger partial charge in [0.1, 0.15) is 18.1 Å². The third-order valence-electron chi connectivity index (χ3n) is 3.57. The molecule has 26 heavy (non-hydrogen) atoms. The Morgan fingerprint density at radius 3 is 2.50 bits per heavy atom. The zero-order chi connectivity index (χ0) is 18.7. The highest BCUT2D eigenvalue weighted by molar-refractivity contribution is 6.42. The van der Waals surface area contributed by atoms with E-state index in [4.69, 9.17) is 44.0 Å². The van der Waals surface area contributed by atoms with Crippen LogP contribution in [-0.4, -0.2) is 5.91 Å². The SMILES string of the molecule is Cc1cc(OCc2ccc(C(=O)Nc3ccc(Cl)c(Cl)c3)o2)ccc1Cl. The van der Waals surface area contributed by atoms with E-state index in [1.54, 1.807) is 42.5 Å². The molecule has 0 aliphatic rings. The molecule has 1 N–H and O–H groups in total. The molecule has 1 amide bonds. The highest BCUT2D eigenvalue weighted by atomic mass is 35.5. The van der Waals surface area contributed by atoms with Crippen molar-refractivity contribution in [2.24, 2.45) is 0 Å². The fourth-order valence-corrected chi connectivity index (χ4v) is 2.62. The first kappa shape index (κ1) is 18.6. The van der Waals surface area contributed by atoms with Crippen molar-refractivity contribution in [2.45, 2.75) is 13.5 Å². The lowest BCUT2D eigenvalue weighted by molar-refractivity contribution is 0.0992. The number of amides is 1. The van der Waals surface area contributed by atoms with Gasteiger partial charge in [0.05, 0.1) is 10.0 Å².